The smallest absolute Gasteiger partial charge is 0.302 e. The molecule has 0 aliphatic carbocycles. The molecule has 33 heavy (non-hydrogen) atoms. The fourth-order valence-electron chi connectivity index (χ4n) is 5.73. The van der Waals surface area contributed by atoms with E-state index in [0.717, 1.165) is 38.7 Å². The van der Waals surface area contributed by atoms with Gasteiger partial charge >= 0.3 is 11.9 Å². The van der Waals surface area contributed by atoms with Crippen LogP contribution in [0.1, 0.15) is 66.2 Å². The summed E-state index contributed by atoms with van der Waals surface area (Å²) >= 11 is 0. The summed E-state index contributed by atoms with van der Waals surface area (Å²) in [5, 5.41) is 0. The third-order valence-corrected chi connectivity index (χ3v) is 7.34. The van der Waals surface area contributed by atoms with Crippen LogP contribution in [-0.2, 0) is 38.0 Å². The molecule has 4 aliphatic rings. The molecule has 186 valence electrons. The van der Waals surface area contributed by atoms with Gasteiger partial charge < -0.3 is 28.4 Å². The summed E-state index contributed by atoms with van der Waals surface area (Å²) in [6, 6.07) is 0. The molecular formula is C25H38O8. The zero-order chi connectivity index (χ0) is 23.6. The highest BCUT2D eigenvalue weighted by Gasteiger charge is 2.52. The van der Waals surface area contributed by atoms with E-state index in [1.807, 2.05) is 6.92 Å². The van der Waals surface area contributed by atoms with Crippen molar-refractivity contribution in [3.05, 3.63) is 12.2 Å². The minimum absolute atomic E-state index is 0.0466. The van der Waals surface area contributed by atoms with Gasteiger partial charge in [0.25, 0.3) is 0 Å². The molecule has 0 spiro atoms. The van der Waals surface area contributed by atoms with Crippen LogP contribution in [0.15, 0.2) is 12.2 Å². The summed E-state index contributed by atoms with van der Waals surface area (Å²) in [6.45, 7) is 7.78. The topological polar surface area (TPSA) is 89.5 Å². The molecule has 3 fully saturated rings. The van der Waals surface area contributed by atoms with E-state index < -0.39 is 23.8 Å². The quantitative estimate of drug-likeness (QED) is 0.463. The Bertz CT molecular complexity index is 738. The second-order valence-corrected chi connectivity index (χ2v) is 10.1. The Kier molecular flexibility index (Phi) is 7.78. The predicted molar refractivity (Wildman–Crippen MR) is 119 cm³/mol. The first-order valence-electron chi connectivity index (χ1n) is 12.3. The maximum atomic E-state index is 11.8. The van der Waals surface area contributed by atoms with E-state index in [2.05, 4.69) is 19.1 Å². The molecule has 4 aliphatic heterocycles. The SMILES string of the molecule is CC(=O)OC[C@H]1O[C@H]2CC[C@H]3O[C@H]4CCCO[C@@H]4[C@@H](C)/C=C\C[C@@H]3O[C@]2(C)C[C@@H]1OC(C)=O. The second kappa shape index (κ2) is 10.4. The molecule has 3 saturated heterocycles. The fourth-order valence-corrected chi connectivity index (χ4v) is 5.73. The first-order valence-corrected chi connectivity index (χ1v) is 12.3. The Morgan fingerprint density at radius 3 is 2.64 bits per heavy atom. The van der Waals surface area contributed by atoms with Crippen molar-refractivity contribution in [3.8, 4) is 0 Å². The zero-order valence-corrected chi connectivity index (χ0v) is 20.2. The van der Waals surface area contributed by atoms with E-state index in [9.17, 15) is 9.59 Å². The lowest BCUT2D eigenvalue weighted by Crippen LogP contribution is -2.58. The summed E-state index contributed by atoms with van der Waals surface area (Å²) in [5.74, 6) is -0.496. The number of rotatable bonds is 3. The van der Waals surface area contributed by atoms with E-state index in [-0.39, 0.29) is 49.0 Å². The highest BCUT2D eigenvalue weighted by atomic mass is 16.6. The van der Waals surface area contributed by atoms with Crippen LogP contribution in [-0.4, -0.2) is 73.5 Å². The van der Waals surface area contributed by atoms with Gasteiger partial charge in [-0.1, -0.05) is 19.1 Å². The summed E-state index contributed by atoms with van der Waals surface area (Å²) in [6.07, 6.45) is 7.78. The van der Waals surface area contributed by atoms with Gasteiger partial charge in [0, 0.05) is 32.8 Å². The van der Waals surface area contributed by atoms with Crippen LogP contribution in [0.2, 0.25) is 0 Å². The molecule has 0 bridgehead atoms. The molecule has 0 aromatic heterocycles. The lowest BCUT2D eigenvalue weighted by Gasteiger charge is -2.47. The van der Waals surface area contributed by atoms with Gasteiger partial charge in [-0.05, 0) is 39.0 Å². The standard InChI is InChI=1S/C25H38O8/c1-15-7-5-8-19-18(31-20-9-6-12-28-24(15)20)10-11-23-25(4,33-19)13-21(30-17(3)27)22(32-23)14-29-16(2)26/h5,7,15,18-24H,6,8-14H2,1-4H3/b7-5-/t15-,18+,19-,20-,21-,22+,23-,24+,25+/m0/s1. The first kappa shape index (κ1) is 24.6. The summed E-state index contributed by atoms with van der Waals surface area (Å²) in [7, 11) is 0. The molecule has 0 aromatic carbocycles. The number of hydrogen-bond donors (Lipinski definition) is 0. The highest BCUT2D eigenvalue weighted by Crippen LogP contribution is 2.42. The van der Waals surface area contributed by atoms with E-state index >= 15 is 0 Å². The highest BCUT2D eigenvalue weighted by molar-refractivity contribution is 5.66. The van der Waals surface area contributed by atoms with Crippen LogP contribution >= 0.6 is 0 Å². The predicted octanol–water partition coefficient (Wildman–Crippen LogP) is 3.11. The Labute approximate surface area is 196 Å². The third-order valence-electron chi connectivity index (χ3n) is 7.34. The maximum absolute atomic E-state index is 11.8. The van der Waals surface area contributed by atoms with Crippen LogP contribution in [0.4, 0.5) is 0 Å². The van der Waals surface area contributed by atoms with Gasteiger partial charge in [-0.3, -0.25) is 9.59 Å². The molecule has 0 unspecified atom stereocenters. The summed E-state index contributed by atoms with van der Waals surface area (Å²) in [4.78, 5) is 23.1. The minimum Gasteiger partial charge on any atom is -0.463 e. The van der Waals surface area contributed by atoms with Gasteiger partial charge in [0.2, 0.25) is 0 Å². The van der Waals surface area contributed by atoms with Crippen LogP contribution in [0, 0.1) is 5.92 Å². The molecule has 4 heterocycles. The largest absolute Gasteiger partial charge is 0.463 e. The number of fused-ring (bicyclic) bond motifs is 3. The zero-order valence-electron chi connectivity index (χ0n) is 20.2. The molecule has 8 nitrogen and oxygen atoms in total. The van der Waals surface area contributed by atoms with Crippen molar-refractivity contribution in [3.63, 3.8) is 0 Å². The first-order chi connectivity index (χ1) is 15.7. The van der Waals surface area contributed by atoms with Crippen LogP contribution in [0.5, 0.6) is 0 Å². The molecule has 0 saturated carbocycles. The normalized spacial score (nSPS) is 44.4. The molecule has 4 rings (SSSR count). The van der Waals surface area contributed by atoms with Gasteiger partial charge in [0.15, 0.2) is 0 Å². The van der Waals surface area contributed by atoms with Crippen LogP contribution < -0.4 is 0 Å². The van der Waals surface area contributed by atoms with Crippen molar-refractivity contribution in [2.45, 2.75) is 115 Å². The molecular weight excluding hydrogens is 428 g/mol. The minimum atomic E-state index is -0.647. The van der Waals surface area contributed by atoms with Crippen LogP contribution in [0.3, 0.4) is 0 Å². The fraction of sp³-hybridized carbons (Fsp3) is 0.840. The van der Waals surface area contributed by atoms with E-state index in [4.69, 9.17) is 28.4 Å². The number of ether oxygens (including phenoxy) is 6. The van der Waals surface area contributed by atoms with Gasteiger partial charge in [0.05, 0.1) is 36.1 Å². The van der Waals surface area contributed by atoms with E-state index in [1.54, 1.807) is 0 Å². The number of carbonyl (C=O) groups excluding carboxylic acids is 2. The Morgan fingerprint density at radius 1 is 1.06 bits per heavy atom. The molecule has 0 amide bonds. The van der Waals surface area contributed by atoms with E-state index in [1.165, 1.54) is 13.8 Å². The summed E-state index contributed by atoms with van der Waals surface area (Å²) < 4.78 is 36.7. The third kappa shape index (κ3) is 5.78. The Balaban J connectivity index is 1.54. The molecule has 0 aromatic rings. The van der Waals surface area contributed by atoms with Gasteiger partial charge in [0.1, 0.15) is 18.8 Å². The Hall–Kier alpha value is -1.48. The van der Waals surface area contributed by atoms with Gasteiger partial charge in [-0.15, -0.1) is 0 Å². The maximum Gasteiger partial charge on any atom is 0.302 e. The van der Waals surface area contributed by atoms with Crippen molar-refractivity contribution in [2.24, 2.45) is 5.92 Å². The van der Waals surface area contributed by atoms with Crippen molar-refractivity contribution >= 4 is 11.9 Å². The number of esters is 2. The molecule has 8 heteroatoms. The molecule has 0 N–H and O–H groups in total. The summed E-state index contributed by atoms with van der Waals surface area (Å²) in [5.41, 5.74) is -0.647. The average molecular weight is 467 g/mol. The van der Waals surface area contributed by atoms with E-state index in [0.29, 0.717) is 6.42 Å². The molecule has 9 atom stereocenters. The van der Waals surface area contributed by atoms with Crippen molar-refractivity contribution in [1.82, 2.24) is 0 Å². The van der Waals surface area contributed by atoms with Gasteiger partial charge in [-0.25, -0.2) is 0 Å². The lowest BCUT2D eigenvalue weighted by atomic mass is 9.84. The van der Waals surface area contributed by atoms with Crippen molar-refractivity contribution in [1.29, 1.82) is 0 Å². The monoisotopic (exact) mass is 466 g/mol. The number of hydrogen-bond acceptors (Lipinski definition) is 8. The lowest BCUT2D eigenvalue weighted by molar-refractivity contribution is -0.255. The second-order valence-electron chi connectivity index (χ2n) is 10.1. The van der Waals surface area contributed by atoms with Crippen LogP contribution in [0.25, 0.3) is 0 Å². The number of carbonyl (C=O) groups is 2. The Morgan fingerprint density at radius 2 is 1.88 bits per heavy atom. The van der Waals surface area contributed by atoms with Crippen molar-refractivity contribution < 1.29 is 38.0 Å². The average Bonchev–Trinajstić information content (AvgIpc) is 2.83. The van der Waals surface area contributed by atoms with Crippen molar-refractivity contribution in [2.75, 3.05) is 13.2 Å². The van der Waals surface area contributed by atoms with Gasteiger partial charge in [-0.2, -0.15) is 0 Å². The molecule has 0 radical (unpaired) electrons.